The van der Waals surface area contributed by atoms with Crippen LogP contribution in [0.5, 0.6) is 0 Å². The molecule has 4 fully saturated rings. The minimum absolute atomic E-state index is 0.110. The Morgan fingerprint density at radius 2 is 1.89 bits per heavy atom. The van der Waals surface area contributed by atoms with Crippen molar-refractivity contribution < 1.29 is 15.1 Å². The van der Waals surface area contributed by atoms with Gasteiger partial charge in [0, 0.05) is 24.1 Å². The Bertz CT molecular complexity index is 584. The van der Waals surface area contributed by atoms with Crippen LogP contribution in [-0.4, -0.2) is 41.3 Å². The van der Waals surface area contributed by atoms with Gasteiger partial charge < -0.3 is 20.8 Å². The fraction of sp³-hybridized carbons (Fsp3) is 0.955. The molecular weight excluding hydrogens is 340 g/mol. The highest BCUT2D eigenvalue weighted by molar-refractivity contribution is 5.63. The minimum Gasteiger partial charge on any atom is -0.395 e. The van der Waals surface area contributed by atoms with Crippen molar-refractivity contribution in [2.45, 2.75) is 83.3 Å². The summed E-state index contributed by atoms with van der Waals surface area (Å²) < 4.78 is 0. The Kier molecular flexibility index (Phi) is 5.09. The summed E-state index contributed by atoms with van der Waals surface area (Å²) in [7, 11) is 0. The molecule has 0 bridgehead atoms. The molecule has 0 unspecified atom stereocenters. The van der Waals surface area contributed by atoms with Crippen molar-refractivity contribution in [3.8, 4) is 0 Å². The zero-order chi connectivity index (χ0) is 19.3. The lowest BCUT2D eigenvalue weighted by atomic mass is 9.43. The molecule has 5 heteroatoms. The summed E-state index contributed by atoms with van der Waals surface area (Å²) in [5.41, 5.74) is 5.05. The van der Waals surface area contributed by atoms with E-state index in [1.165, 1.54) is 6.42 Å². The molecule has 0 aliphatic heterocycles. The Morgan fingerprint density at radius 1 is 1.07 bits per heavy atom. The highest BCUT2D eigenvalue weighted by atomic mass is 16.6. The van der Waals surface area contributed by atoms with Crippen LogP contribution in [-0.2, 0) is 4.84 Å². The molecule has 5 nitrogen and oxygen atoms in total. The monoisotopic (exact) mass is 378 g/mol. The first-order valence-electron chi connectivity index (χ1n) is 11.1. The number of fused-ring (bicyclic) bond motifs is 5. The van der Waals surface area contributed by atoms with Gasteiger partial charge in [0.25, 0.3) is 0 Å². The number of hydrogen-bond donors (Lipinski definition) is 3. The lowest BCUT2D eigenvalue weighted by Gasteiger charge is -2.63. The molecule has 4 saturated carbocycles. The Morgan fingerprint density at radius 3 is 2.67 bits per heavy atom. The molecule has 0 saturated heterocycles. The molecule has 27 heavy (non-hydrogen) atoms. The maximum absolute atomic E-state index is 12.0. The number of aliphatic hydroxyl groups excluding tert-OH is 1. The van der Waals surface area contributed by atoms with Gasteiger partial charge in [0.2, 0.25) is 0 Å². The van der Waals surface area contributed by atoms with Crippen molar-refractivity contribution >= 4 is 6.21 Å². The van der Waals surface area contributed by atoms with Crippen molar-refractivity contribution in [1.82, 2.24) is 0 Å². The molecule has 4 aliphatic carbocycles. The van der Waals surface area contributed by atoms with Gasteiger partial charge in [0.1, 0.15) is 6.61 Å². The molecule has 0 aromatic carbocycles. The van der Waals surface area contributed by atoms with Gasteiger partial charge in [-0.05, 0) is 81.0 Å². The zero-order valence-corrected chi connectivity index (χ0v) is 17.1. The van der Waals surface area contributed by atoms with E-state index in [4.69, 9.17) is 10.6 Å². The van der Waals surface area contributed by atoms with Crippen LogP contribution in [0.3, 0.4) is 0 Å². The largest absolute Gasteiger partial charge is 0.395 e. The number of aliphatic hydroxyl groups is 2. The maximum Gasteiger partial charge on any atom is 0.129 e. The SMILES string of the molecule is C[C@]12CC[C@H](O)C[C@H]1CC[C@@H]1[C@@H]2CC[C@]2(C)[C@@H](/C=N/OCCN)CC[C@]12O. The second-order valence-corrected chi connectivity index (χ2v) is 10.3. The molecule has 0 aromatic heterocycles. The van der Waals surface area contributed by atoms with E-state index in [1.807, 2.05) is 6.21 Å². The predicted molar refractivity (Wildman–Crippen MR) is 106 cm³/mol. The highest BCUT2D eigenvalue weighted by Crippen LogP contribution is 2.68. The molecule has 4 aliphatic rings. The van der Waals surface area contributed by atoms with Crippen molar-refractivity contribution in [1.29, 1.82) is 0 Å². The van der Waals surface area contributed by atoms with Gasteiger partial charge in [-0.15, -0.1) is 0 Å². The smallest absolute Gasteiger partial charge is 0.129 e. The Hall–Kier alpha value is -0.650. The first kappa shape index (κ1) is 19.7. The van der Waals surface area contributed by atoms with Gasteiger partial charge >= 0.3 is 0 Å². The van der Waals surface area contributed by atoms with Crippen molar-refractivity contribution in [3.05, 3.63) is 0 Å². The first-order chi connectivity index (χ1) is 12.8. The molecule has 0 aromatic rings. The zero-order valence-electron chi connectivity index (χ0n) is 17.1. The van der Waals surface area contributed by atoms with E-state index in [0.717, 1.165) is 51.4 Å². The van der Waals surface area contributed by atoms with E-state index in [-0.39, 0.29) is 22.9 Å². The molecule has 0 heterocycles. The fourth-order valence-corrected chi connectivity index (χ4v) is 7.70. The minimum atomic E-state index is -0.593. The predicted octanol–water partition coefficient (Wildman–Crippen LogP) is 3.08. The van der Waals surface area contributed by atoms with Gasteiger partial charge in [-0.2, -0.15) is 0 Å². The van der Waals surface area contributed by atoms with Crippen LogP contribution in [0.4, 0.5) is 0 Å². The van der Waals surface area contributed by atoms with Crippen LogP contribution >= 0.6 is 0 Å². The molecule has 0 radical (unpaired) electrons. The molecule has 154 valence electrons. The standard InChI is InChI=1S/C22H38N2O3/c1-20-8-6-17(25)13-15(20)3-4-19-18(20)7-9-21(2)16(5-10-22(19,21)26)14-24-27-12-11-23/h14-19,25-26H,3-13,23H2,1-2H3/b24-14+/t15-,16-,17+,18+,19-,20+,21-,22+/m1/s1. The summed E-state index contributed by atoms with van der Waals surface area (Å²) in [6, 6.07) is 0. The quantitative estimate of drug-likeness (QED) is 0.398. The summed E-state index contributed by atoms with van der Waals surface area (Å²) in [5, 5.41) is 26.4. The number of nitrogens with zero attached hydrogens (tertiary/aromatic N) is 1. The van der Waals surface area contributed by atoms with E-state index < -0.39 is 5.60 Å². The lowest BCUT2D eigenvalue weighted by molar-refractivity contribution is -0.206. The average molecular weight is 379 g/mol. The molecule has 0 spiro atoms. The average Bonchev–Trinajstić information content (AvgIpc) is 2.91. The maximum atomic E-state index is 12.0. The summed E-state index contributed by atoms with van der Waals surface area (Å²) in [4.78, 5) is 5.24. The van der Waals surface area contributed by atoms with Gasteiger partial charge in [-0.3, -0.25) is 0 Å². The van der Waals surface area contributed by atoms with Crippen LogP contribution in [0.2, 0.25) is 0 Å². The van der Waals surface area contributed by atoms with Crippen LogP contribution in [0.1, 0.15) is 71.6 Å². The van der Waals surface area contributed by atoms with E-state index in [1.54, 1.807) is 0 Å². The fourth-order valence-electron chi connectivity index (χ4n) is 7.70. The third kappa shape index (κ3) is 2.87. The van der Waals surface area contributed by atoms with Gasteiger partial charge in [0.05, 0.1) is 11.7 Å². The number of nitrogens with two attached hydrogens (primary N) is 1. The van der Waals surface area contributed by atoms with Crippen LogP contribution in [0.15, 0.2) is 5.16 Å². The van der Waals surface area contributed by atoms with Crippen LogP contribution in [0.25, 0.3) is 0 Å². The number of oxime groups is 1. The van der Waals surface area contributed by atoms with Crippen molar-refractivity contribution in [3.63, 3.8) is 0 Å². The van der Waals surface area contributed by atoms with E-state index >= 15 is 0 Å². The molecule has 4 rings (SSSR count). The third-order valence-corrected chi connectivity index (χ3v) is 9.42. The first-order valence-corrected chi connectivity index (χ1v) is 11.1. The van der Waals surface area contributed by atoms with E-state index in [9.17, 15) is 10.2 Å². The topological polar surface area (TPSA) is 88.1 Å². The van der Waals surface area contributed by atoms with Crippen LogP contribution in [0, 0.1) is 34.5 Å². The third-order valence-electron chi connectivity index (χ3n) is 9.42. The highest BCUT2D eigenvalue weighted by Gasteiger charge is 2.66. The Balaban J connectivity index is 1.56. The van der Waals surface area contributed by atoms with E-state index in [0.29, 0.717) is 30.9 Å². The van der Waals surface area contributed by atoms with Crippen molar-refractivity contribution in [2.24, 2.45) is 45.4 Å². The van der Waals surface area contributed by atoms with Gasteiger partial charge in [-0.25, -0.2) is 0 Å². The van der Waals surface area contributed by atoms with Gasteiger partial charge in [-0.1, -0.05) is 19.0 Å². The molecule has 8 atom stereocenters. The van der Waals surface area contributed by atoms with Gasteiger partial charge in [0.15, 0.2) is 0 Å². The molecule has 4 N–H and O–H groups in total. The number of rotatable bonds is 4. The molecular formula is C22H38N2O3. The summed E-state index contributed by atoms with van der Waals surface area (Å²) in [6.45, 7) is 5.66. The lowest BCUT2D eigenvalue weighted by Crippen LogP contribution is -2.62. The second-order valence-electron chi connectivity index (χ2n) is 10.3. The van der Waals surface area contributed by atoms with E-state index in [2.05, 4.69) is 19.0 Å². The van der Waals surface area contributed by atoms with Crippen molar-refractivity contribution in [2.75, 3.05) is 13.2 Å². The Labute approximate surface area is 163 Å². The van der Waals surface area contributed by atoms with Crippen LogP contribution < -0.4 is 5.73 Å². The second kappa shape index (κ2) is 7.00. The normalized spacial score (nSPS) is 52.3. The number of hydrogen-bond acceptors (Lipinski definition) is 5. The molecule has 0 amide bonds. The summed E-state index contributed by atoms with van der Waals surface area (Å²) >= 11 is 0. The summed E-state index contributed by atoms with van der Waals surface area (Å²) in [6.07, 6.45) is 11.2. The summed E-state index contributed by atoms with van der Waals surface area (Å²) in [5.74, 6) is 1.88.